The molecule has 0 aliphatic heterocycles. The lowest BCUT2D eigenvalue weighted by atomic mass is 10.1. The zero-order valence-electron chi connectivity index (χ0n) is 20.8. The van der Waals surface area contributed by atoms with Gasteiger partial charge in [0.2, 0.25) is 0 Å². The van der Waals surface area contributed by atoms with Crippen LogP contribution in [0.3, 0.4) is 0 Å². The van der Waals surface area contributed by atoms with E-state index in [1.807, 2.05) is 31.2 Å². The van der Waals surface area contributed by atoms with Crippen LogP contribution in [0.5, 0.6) is 0 Å². The second kappa shape index (κ2) is 13.7. The van der Waals surface area contributed by atoms with Gasteiger partial charge in [-0.1, -0.05) is 112 Å². The highest BCUT2D eigenvalue weighted by molar-refractivity contribution is 7.98. The van der Waals surface area contributed by atoms with Crippen LogP contribution in [-0.2, 0) is 18.3 Å². The predicted octanol–water partition coefficient (Wildman–Crippen LogP) is 8.96. The highest BCUT2D eigenvalue weighted by Gasteiger charge is 2.34. The summed E-state index contributed by atoms with van der Waals surface area (Å²) in [5.74, 6) is 1.21. The number of benzene rings is 2. The third kappa shape index (κ3) is 8.41. The fourth-order valence-electron chi connectivity index (χ4n) is 4.13. The topological polar surface area (TPSA) is 30.7 Å². The summed E-state index contributed by atoms with van der Waals surface area (Å²) >= 11 is 1.42. The van der Waals surface area contributed by atoms with E-state index in [9.17, 15) is 13.2 Å². The van der Waals surface area contributed by atoms with Gasteiger partial charge in [0, 0.05) is 12.2 Å². The molecule has 2 aromatic carbocycles. The quantitative estimate of drug-likeness (QED) is 0.162. The van der Waals surface area contributed by atoms with Gasteiger partial charge in [0.1, 0.15) is 5.82 Å². The molecule has 0 fully saturated rings. The zero-order valence-corrected chi connectivity index (χ0v) is 21.6. The number of para-hydroxylation sites is 1. The van der Waals surface area contributed by atoms with Crippen molar-refractivity contribution in [1.29, 1.82) is 0 Å². The predicted molar refractivity (Wildman–Crippen MR) is 138 cm³/mol. The average molecular weight is 504 g/mol. The number of unbranched alkanes of at least 4 members (excludes halogenated alkanes) is 8. The van der Waals surface area contributed by atoms with Crippen LogP contribution in [0.15, 0.2) is 53.7 Å². The smallest absolute Gasteiger partial charge is 0.273 e. The Labute approximate surface area is 211 Å². The van der Waals surface area contributed by atoms with Gasteiger partial charge in [-0.15, -0.1) is 10.2 Å². The fraction of sp³-hybridized carbons (Fsp3) is 0.500. The lowest BCUT2D eigenvalue weighted by molar-refractivity contribution is -0.137. The molecule has 0 amide bonds. The van der Waals surface area contributed by atoms with E-state index in [4.69, 9.17) is 0 Å². The largest absolute Gasteiger partial charge is 0.418 e. The van der Waals surface area contributed by atoms with Crippen molar-refractivity contribution in [3.05, 3.63) is 71.0 Å². The van der Waals surface area contributed by atoms with Crippen molar-refractivity contribution in [2.45, 2.75) is 95.1 Å². The maximum atomic E-state index is 13.8. The van der Waals surface area contributed by atoms with Crippen molar-refractivity contribution < 1.29 is 13.2 Å². The standard InChI is InChI=1S/C28H36F3N3S/c1-3-4-5-6-7-8-9-10-11-16-26-32-33-27(35-21-23-19-17-22(2)18-20-23)34(26)25-15-13-12-14-24(25)28(29,30)31/h12-15,17-20H,3-11,16,21H2,1-2H3. The van der Waals surface area contributed by atoms with Crippen molar-refractivity contribution >= 4 is 11.8 Å². The Morgan fingerprint density at radius 2 is 1.43 bits per heavy atom. The minimum atomic E-state index is -4.45. The lowest BCUT2D eigenvalue weighted by Gasteiger charge is -2.16. The van der Waals surface area contributed by atoms with Gasteiger partial charge < -0.3 is 0 Å². The first-order chi connectivity index (χ1) is 16.9. The summed E-state index contributed by atoms with van der Waals surface area (Å²) in [5.41, 5.74) is 1.71. The van der Waals surface area contributed by atoms with E-state index in [0.717, 1.165) is 30.9 Å². The van der Waals surface area contributed by atoms with Crippen LogP contribution in [0.1, 0.15) is 87.2 Å². The van der Waals surface area contributed by atoms with E-state index in [-0.39, 0.29) is 5.69 Å². The number of aryl methyl sites for hydroxylation is 2. The van der Waals surface area contributed by atoms with Crippen LogP contribution < -0.4 is 0 Å². The molecule has 0 spiro atoms. The monoisotopic (exact) mass is 503 g/mol. The summed E-state index contributed by atoms with van der Waals surface area (Å²) in [6.07, 6.45) is 6.88. The van der Waals surface area contributed by atoms with Crippen molar-refractivity contribution in [1.82, 2.24) is 14.8 Å². The molecule has 0 atom stereocenters. The summed E-state index contributed by atoms with van der Waals surface area (Å²) in [6, 6.07) is 13.9. The number of nitrogens with zero attached hydrogens (tertiary/aromatic N) is 3. The summed E-state index contributed by atoms with van der Waals surface area (Å²) in [5, 5.41) is 9.14. The van der Waals surface area contributed by atoms with E-state index in [1.54, 1.807) is 10.6 Å². The van der Waals surface area contributed by atoms with Crippen molar-refractivity contribution in [2.75, 3.05) is 0 Å². The Morgan fingerprint density at radius 1 is 0.800 bits per heavy atom. The molecule has 0 radical (unpaired) electrons. The van der Waals surface area contributed by atoms with E-state index in [2.05, 4.69) is 17.1 Å². The highest BCUT2D eigenvalue weighted by atomic mass is 32.2. The van der Waals surface area contributed by atoms with Crippen molar-refractivity contribution in [3.8, 4) is 5.69 Å². The van der Waals surface area contributed by atoms with Gasteiger partial charge in [-0.05, 0) is 31.0 Å². The molecular weight excluding hydrogens is 467 g/mol. The van der Waals surface area contributed by atoms with Crippen LogP contribution in [0.4, 0.5) is 13.2 Å². The average Bonchev–Trinajstić information content (AvgIpc) is 3.24. The number of aromatic nitrogens is 3. The van der Waals surface area contributed by atoms with Gasteiger partial charge in [0.15, 0.2) is 5.16 Å². The normalized spacial score (nSPS) is 11.8. The molecule has 1 aromatic heterocycles. The van der Waals surface area contributed by atoms with Gasteiger partial charge in [0.25, 0.3) is 0 Å². The first kappa shape index (κ1) is 27.3. The molecule has 0 N–H and O–H groups in total. The van der Waals surface area contributed by atoms with E-state index in [1.165, 1.54) is 68.0 Å². The lowest BCUT2D eigenvalue weighted by Crippen LogP contribution is -2.13. The second-order valence-electron chi connectivity index (χ2n) is 9.10. The summed E-state index contributed by atoms with van der Waals surface area (Å²) in [7, 11) is 0. The van der Waals surface area contributed by atoms with Crippen molar-refractivity contribution in [2.24, 2.45) is 0 Å². The number of hydrogen-bond acceptors (Lipinski definition) is 3. The summed E-state index contributed by atoms with van der Waals surface area (Å²) in [6.45, 7) is 4.25. The number of rotatable bonds is 14. The molecule has 7 heteroatoms. The Bertz CT molecular complexity index is 1030. The number of hydrogen-bond donors (Lipinski definition) is 0. The molecule has 190 valence electrons. The second-order valence-corrected chi connectivity index (χ2v) is 10.0. The molecule has 35 heavy (non-hydrogen) atoms. The summed E-state index contributed by atoms with van der Waals surface area (Å²) < 4.78 is 43.1. The van der Waals surface area contributed by atoms with Crippen LogP contribution in [0.25, 0.3) is 5.69 Å². The van der Waals surface area contributed by atoms with E-state index >= 15 is 0 Å². The third-order valence-electron chi connectivity index (χ3n) is 6.14. The molecule has 3 nitrogen and oxygen atoms in total. The highest BCUT2D eigenvalue weighted by Crippen LogP contribution is 2.36. The van der Waals surface area contributed by atoms with E-state index in [0.29, 0.717) is 23.2 Å². The van der Waals surface area contributed by atoms with Crippen LogP contribution in [0.2, 0.25) is 0 Å². The Balaban J connectivity index is 1.72. The molecule has 0 bridgehead atoms. The third-order valence-corrected chi connectivity index (χ3v) is 7.14. The minimum Gasteiger partial charge on any atom is -0.273 e. The molecule has 0 aliphatic carbocycles. The minimum absolute atomic E-state index is 0.0994. The molecule has 0 saturated heterocycles. The van der Waals surface area contributed by atoms with Crippen LogP contribution in [0, 0.1) is 6.92 Å². The zero-order chi connectivity index (χ0) is 25.1. The number of alkyl halides is 3. The maximum Gasteiger partial charge on any atom is 0.418 e. The summed E-state index contributed by atoms with van der Waals surface area (Å²) in [4.78, 5) is 0. The fourth-order valence-corrected chi connectivity index (χ4v) is 5.05. The molecule has 3 aromatic rings. The van der Waals surface area contributed by atoms with Crippen LogP contribution in [-0.4, -0.2) is 14.8 Å². The molecule has 0 aliphatic rings. The molecule has 0 saturated carbocycles. The molecule has 1 heterocycles. The van der Waals surface area contributed by atoms with Gasteiger partial charge >= 0.3 is 6.18 Å². The molecule has 3 rings (SSSR count). The van der Waals surface area contributed by atoms with Gasteiger partial charge in [-0.2, -0.15) is 13.2 Å². The SMILES string of the molecule is CCCCCCCCCCCc1nnc(SCc2ccc(C)cc2)n1-c1ccccc1C(F)(F)F. The maximum absolute atomic E-state index is 13.8. The Kier molecular flexibility index (Phi) is 10.7. The number of halogens is 3. The molecule has 0 unspecified atom stereocenters. The van der Waals surface area contributed by atoms with Gasteiger partial charge in [-0.25, -0.2) is 0 Å². The van der Waals surface area contributed by atoms with Crippen LogP contribution >= 0.6 is 11.8 Å². The van der Waals surface area contributed by atoms with Gasteiger partial charge in [-0.3, -0.25) is 4.57 Å². The number of thioether (sulfide) groups is 1. The van der Waals surface area contributed by atoms with E-state index < -0.39 is 11.7 Å². The first-order valence-electron chi connectivity index (χ1n) is 12.7. The Hall–Kier alpha value is -2.28. The van der Waals surface area contributed by atoms with Crippen molar-refractivity contribution in [3.63, 3.8) is 0 Å². The van der Waals surface area contributed by atoms with Gasteiger partial charge in [0.05, 0.1) is 11.3 Å². The molecular formula is C28H36F3N3S. The Morgan fingerprint density at radius 3 is 2.09 bits per heavy atom. The first-order valence-corrected chi connectivity index (χ1v) is 13.7.